The van der Waals surface area contributed by atoms with Crippen LogP contribution in [0.25, 0.3) is 0 Å². The van der Waals surface area contributed by atoms with E-state index in [1.807, 2.05) is 45.2 Å². The predicted octanol–water partition coefficient (Wildman–Crippen LogP) is 1.66. The maximum absolute atomic E-state index is 10.7. The van der Waals surface area contributed by atoms with Crippen LogP contribution in [0.4, 0.5) is 0 Å². The van der Waals surface area contributed by atoms with Gasteiger partial charge in [-0.2, -0.15) is 5.10 Å². The highest BCUT2D eigenvalue weighted by Crippen LogP contribution is 2.26. The fourth-order valence-corrected chi connectivity index (χ4v) is 2.58. The van der Waals surface area contributed by atoms with Crippen LogP contribution in [0.5, 0.6) is 11.5 Å². The number of nitrogens with zero attached hydrogens (tertiary/aromatic N) is 3. The number of hydrogen-bond donors (Lipinski definition) is 3. The van der Waals surface area contributed by atoms with E-state index in [1.165, 1.54) is 0 Å². The maximum Gasteiger partial charge on any atom is 0.191 e. The largest absolute Gasteiger partial charge is 0.493 e. The van der Waals surface area contributed by atoms with Crippen molar-refractivity contribution in [2.75, 3.05) is 26.7 Å². The molecule has 0 fully saturated rings. The Bertz CT molecular complexity index is 773. The van der Waals surface area contributed by atoms with Gasteiger partial charge in [-0.05, 0) is 32.9 Å². The highest BCUT2D eigenvalue weighted by molar-refractivity contribution is 5.79. The van der Waals surface area contributed by atoms with Gasteiger partial charge in [-0.25, -0.2) is 4.99 Å². The van der Waals surface area contributed by atoms with E-state index in [2.05, 4.69) is 20.7 Å². The summed E-state index contributed by atoms with van der Waals surface area (Å²) in [5.41, 5.74) is -0.377. The first-order valence-electron chi connectivity index (χ1n) is 9.39. The number of benzene rings is 1. The molecule has 8 nitrogen and oxygen atoms in total. The zero-order valence-electron chi connectivity index (χ0n) is 17.3. The summed E-state index contributed by atoms with van der Waals surface area (Å²) in [5, 5.41) is 21.2. The summed E-state index contributed by atoms with van der Waals surface area (Å²) in [6.07, 6.45) is 3.33. The Morgan fingerprint density at radius 1 is 1.32 bits per heavy atom. The maximum atomic E-state index is 10.7. The molecule has 1 aromatic carbocycles. The third-order valence-corrected chi connectivity index (χ3v) is 4.17. The zero-order chi connectivity index (χ0) is 20.6. The first-order valence-corrected chi connectivity index (χ1v) is 9.39. The molecule has 28 heavy (non-hydrogen) atoms. The molecule has 0 saturated carbocycles. The normalized spacial score (nSPS) is 14.9. The van der Waals surface area contributed by atoms with Gasteiger partial charge in [-0.3, -0.25) is 4.68 Å². The summed E-state index contributed by atoms with van der Waals surface area (Å²) < 4.78 is 12.9. The molecule has 3 N–H and O–H groups in total. The zero-order valence-corrected chi connectivity index (χ0v) is 17.3. The van der Waals surface area contributed by atoms with E-state index in [1.54, 1.807) is 31.1 Å². The van der Waals surface area contributed by atoms with Gasteiger partial charge in [0.2, 0.25) is 0 Å². The van der Waals surface area contributed by atoms with Crippen LogP contribution in [0, 0.1) is 0 Å². The van der Waals surface area contributed by atoms with Crippen LogP contribution < -0.4 is 20.1 Å². The summed E-state index contributed by atoms with van der Waals surface area (Å²) in [6.45, 7) is 7.14. The first-order chi connectivity index (χ1) is 13.4. The minimum Gasteiger partial charge on any atom is -0.493 e. The van der Waals surface area contributed by atoms with Crippen LogP contribution in [0.3, 0.4) is 0 Å². The van der Waals surface area contributed by atoms with Gasteiger partial charge in [-0.15, -0.1) is 0 Å². The first kappa shape index (κ1) is 21.6. The number of aliphatic imine (C=N–C) groups is 1. The number of hydrogen-bond acceptors (Lipinski definition) is 5. The van der Waals surface area contributed by atoms with Crippen LogP contribution in [-0.4, -0.2) is 53.7 Å². The molecule has 0 aliphatic heterocycles. The van der Waals surface area contributed by atoms with Gasteiger partial charge in [-0.1, -0.05) is 12.1 Å². The molecule has 0 saturated heterocycles. The Balaban J connectivity index is 1.95. The number of para-hydroxylation sites is 2. The lowest BCUT2D eigenvalue weighted by atomic mass is 10.0. The van der Waals surface area contributed by atoms with Gasteiger partial charge in [0.05, 0.1) is 26.4 Å². The molecule has 0 bridgehead atoms. The second kappa shape index (κ2) is 9.98. The number of rotatable bonds is 9. The van der Waals surface area contributed by atoms with Gasteiger partial charge in [0.1, 0.15) is 11.7 Å². The second-order valence-corrected chi connectivity index (χ2v) is 6.83. The number of guanidine groups is 1. The lowest BCUT2D eigenvalue weighted by molar-refractivity contribution is 0.0671. The van der Waals surface area contributed by atoms with E-state index < -0.39 is 5.60 Å². The van der Waals surface area contributed by atoms with Crippen molar-refractivity contribution < 1.29 is 14.6 Å². The van der Waals surface area contributed by atoms with E-state index in [-0.39, 0.29) is 12.6 Å². The van der Waals surface area contributed by atoms with Crippen molar-refractivity contribution in [3.05, 3.63) is 42.2 Å². The van der Waals surface area contributed by atoms with Crippen molar-refractivity contribution >= 4 is 5.96 Å². The van der Waals surface area contributed by atoms with Crippen LogP contribution in [0.1, 0.15) is 26.3 Å². The summed E-state index contributed by atoms with van der Waals surface area (Å²) in [5.74, 6) is 2.00. The van der Waals surface area contributed by atoms with Gasteiger partial charge in [0, 0.05) is 25.4 Å². The molecular weight excluding hydrogens is 358 g/mol. The smallest absolute Gasteiger partial charge is 0.191 e. The molecule has 0 spiro atoms. The van der Waals surface area contributed by atoms with E-state index in [0.29, 0.717) is 30.5 Å². The topological polar surface area (TPSA) is 92.9 Å². The molecule has 2 unspecified atom stereocenters. The molecule has 0 aliphatic rings. The van der Waals surface area contributed by atoms with Crippen molar-refractivity contribution in [3.8, 4) is 11.5 Å². The average Bonchev–Trinajstić information content (AvgIpc) is 3.12. The molecule has 1 heterocycles. The minimum atomic E-state index is -1.10. The molecule has 0 amide bonds. The van der Waals surface area contributed by atoms with E-state index in [9.17, 15) is 5.11 Å². The molecular formula is C20H31N5O3. The lowest BCUT2D eigenvalue weighted by Gasteiger charge is -2.22. The van der Waals surface area contributed by atoms with Gasteiger partial charge < -0.3 is 25.2 Å². The summed E-state index contributed by atoms with van der Waals surface area (Å²) in [6, 6.07) is 7.55. The van der Waals surface area contributed by atoms with Gasteiger partial charge in [0.15, 0.2) is 17.5 Å². The Morgan fingerprint density at radius 2 is 2.04 bits per heavy atom. The van der Waals surface area contributed by atoms with Crippen molar-refractivity contribution in [1.29, 1.82) is 0 Å². The summed E-state index contributed by atoms with van der Waals surface area (Å²) in [7, 11) is 3.44. The van der Waals surface area contributed by atoms with E-state index in [4.69, 9.17) is 9.47 Å². The molecule has 0 radical (unpaired) electrons. The number of aryl methyl sites for hydroxylation is 1. The van der Waals surface area contributed by atoms with Gasteiger partial charge >= 0.3 is 0 Å². The Kier molecular flexibility index (Phi) is 7.69. The van der Waals surface area contributed by atoms with Crippen LogP contribution in [-0.2, 0) is 12.6 Å². The Morgan fingerprint density at radius 3 is 2.64 bits per heavy atom. The molecule has 2 rings (SSSR count). The summed E-state index contributed by atoms with van der Waals surface area (Å²) >= 11 is 0. The van der Waals surface area contributed by atoms with Crippen LogP contribution in [0.2, 0.25) is 0 Å². The quantitative estimate of drug-likeness (QED) is 0.446. The third-order valence-electron chi connectivity index (χ3n) is 4.17. The van der Waals surface area contributed by atoms with Gasteiger partial charge in [0.25, 0.3) is 0 Å². The predicted molar refractivity (Wildman–Crippen MR) is 110 cm³/mol. The average molecular weight is 390 g/mol. The Labute approximate surface area is 166 Å². The highest BCUT2D eigenvalue weighted by Gasteiger charge is 2.24. The molecule has 8 heteroatoms. The van der Waals surface area contributed by atoms with Crippen molar-refractivity contribution in [2.24, 2.45) is 12.0 Å². The van der Waals surface area contributed by atoms with E-state index in [0.717, 1.165) is 5.56 Å². The van der Waals surface area contributed by atoms with Crippen LogP contribution in [0.15, 0.2) is 41.7 Å². The number of nitrogens with one attached hydrogen (secondary N) is 2. The fourth-order valence-electron chi connectivity index (χ4n) is 2.58. The molecule has 0 aliphatic carbocycles. The Hall–Kier alpha value is -2.74. The SMILES string of the molecule is CCNC(=NCC(C)(O)c1cnn(C)c1)NCC(C)Oc1ccccc1OC. The number of aliphatic hydroxyl groups is 1. The second-order valence-electron chi connectivity index (χ2n) is 6.83. The number of aromatic nitrogens is 2. The van der Waals surface area contributed by atoms with Crippen LogP contribution >= 0.6 is 0 Å². The number of methoxy groups -OCH3 is 1. The van der Waals surface area contributed by atoms with Crippen molar-refractivity contribution in [1.82, 2.24) is 20.4 Å². The lowest BCUT2D eigenvalue weighted by Crippen LogP contribution is -2.42. The monoisotopic (exact) mass is 389 g/mol. The molecule has 2 aromatic rings. The third kappa shape index (κ3) is 6.16. The number of ether oxygens (including phenoxy) is 2. The summed E-state index contributed by atoms with van der Waals surface area (Å²) in [4.78, 5) is 4.51. The molecule has 1 aromatic heterocycles. The fraction of sp³-hybridized carbons (Fsp3) is 0.500. The standard InChI is InChI=1S/C20H31N5O3/c1-6-21-19(23-14-20(3,26)16-12-24-25(4)13-16)22-11-15(2)28-18-10-8-7-9-17(18)27-5/h7-10,12-13,15,26H,6,11,14H2,1-5H3,(H2,21,22,23). The molecule has 154 valence electrons. The molecule has 2 atom stereocenters. The minimum absolute atomic E-state index is 0.112. The highest BCUT2D eigenvalue weighted by atomic mass is 16.5. The van der Waals surface area contributed by atoms with E-state index >= 15 is 0 Å². The van der Waals surface area contributed by atoms with Crippen molar-refractivity contribution in [2.45, 2.75) is 32.5 Å². The van der Waals surface area contributed by atoms with Crippen molar-refractivity contribution in [3.63, 3.8) is 0 Å².